The van der Waals surface area contributed by atoms with E-state index in [1.54, 1.807) is 35.4 Å². The zero-order chi connectivity index (χ0) is 13.8. The van der Waals surface area contributed by atoms with Crippen molar-refractivity contribution in [3.8, 4) is 0 Å². The van der Waals surface area contributed by atoms with Crippen LogP contribution in [0.15, 0.2) is 42.6 Å². The largest absolute Gasteiger partial charge is 0.357 e. The van der Waals surface area contributed by atoms with Crippen LogP contribution in [0, 0.1) is 5.82 Å². The number of aromatic nitrogens is 1. The minimum atomic E-state index is -0.269. The van der Waals surface area contributed by atoms with Crippen LogP contribution in [-0.2, 0) is 0 Å². The number of aromatic amines is 1. The monoisotopic (exact) mass is 260 g/mol. The highest BCUT2D eigenvalue weighted by atomic mass is 19.1. The molecule has 3 nitrogen and oxygen atoms in total. The molecule has 0 unspecified atom stereocenters. The first-order chi connectivity index (χ1) is 9.13. The van der Waals surface area contributed by atoms with E-state index in [9.17, 15) is 9.18 Å². The third-order valence-corrected chi connectivity index (χ3v) is 3.25. The maximum atomic E-state index is 12.9. The number of carbonyl (C=O) groups is 1. The summed E-state index contributed by atoms with van der Waals surface area (Å²) in [5.41, 5.74) is 1.49. The highest BCUT2D eigenvalue weighted by Crippen LogP contribution is 2.22. The lowest BCUT2D eigenvalue weighted by molar-refractivity contribution is 0.0697. The summed E-state index contributed by atoms with van der Waals surface area (Å²) in [6, 6.07) is 9.71. The molecule has 0 spiro atoms. The third kappa shape index (κ3) is 2.84. The van der Waals surface area contributed by atoms with Crippen molar-refractivity contribution in [1.82, 2.24) is 9.88 Å². The Kier molecular flexibility index (Phi) is 4.00. The molecule has 1 amide bonds. The number of H-pyrrole nitrogens is 1. The van der Waals surface area contributed by atoms with Crippen molar-refractivity contribution in [2.75, 3.05) is 6.54 Å². The van der Waals surface area contributed by atoms with Gasteiger partial charge in [-0.05, 0) is 43.7 Å². The number of nitrogens with one attached hydrogen (secondary N) is 1. The van der Waals surface area contributed by atoms with Crippen LogP contribution in [-0.4, -0.2) is 22.3 Å². The van der Waals surface area contributed by atoms with E-state index in [1.165, 1.54) is 12.1 Å². The van der Waals surface area contributed by atoms with Gasteiger partial charge in [0.05, 0.1) is 6.04 Å². The van der Waals surface area contributed by atoms with Gasteiger partial charge in [-0.3, -0.25) is 4.79 Å². The lowest BCUT2D eigenvalue weighted by atomic mass is 10.1. The summed E-state index contributed by atoms with van der Waals surface area (Å²) in [4.78, 5) is 17.0. The topological polar surface area (TPSA) is 36.1 Å². The molecule has 0 bridgehead atoms. The molecule has 0 aliphatic heterocycles. The van der Waals surface area contributed by atoms with Gasteiger partial charge in [0.15, 0.2) is 0 Å². The fourth-order valence-electron chi connectivity index (χ4n) is 2.13. The quantitative estimate of drug-likeness (QED) is 0.898. The fraction of sp³-hybridized carbons (Fsp3) is 0.267. The average molecular weight is 260 g/mol. The van der Waals surface area contributed by atoms with Crippen molar-refractivity contribution in [2.45, 2.75) is 19.9 Å². The molecule has 1 N–H and O–H groups in total. The lowest BCUT2D eigenvalue weighted by Crippen LogP contribution is -2.33. The van der Waals surface area contributed by atoms with E-state index in [0.29, 0.717) is 12.2 Å². The van der Waals surface area contributed by atoms with Crippen LogP contribution < -0.4 is 0 Å². The number of halogens is 1. The standard InChI is InChI=1S/C15H17FN2O/c1-3-18(15(19)14-5-4-10-17-14)11(2)12-6-8-13(16)9-7-12/h4-11,17H,3H2,1-2H3/t11-/m0/s1. The summed E-state index contributed by atoms with van der Waals surface area (Å²) in [6.07, 6.45) is 1.73. The summed E-state index contributed by atoms with van der Waals surface area (Å²) in [7, 11) is 0. The van der Waals surface area contributed by atoms with E-state index in [4.69, 9.17) is 0 Å². The summed E-state index contributed by atoms with van der Waals surface area (Å²) in [6.45, 7) is 4.47. The van der Waals surface area contributed by atoms with Gasteiger partial charge in [-0.15, -0.1) is 0 Å². The Balaban J connectivity index is 2.22. The van der Waals surface area contributed by atoms with Crippen LogP contribution in [0.25, 0.3) is 0 Å². The minimum absolute atomic E-state index is 0.0516. The fourth-order valence-corrected chi connectivity index (χ4v) is 2.13. The molecule has 1 heterocycles. The molecule has 0 fully saturated rings. The zero-order valence-corrected chi connectivity index (χ0v) is 11.1. The number of amides is 1. The minimum Gasteiger partial charge on any atom is -0.357 e. The Labute approximate surface area is 112 Å². The van der Waals surface area contributed by atoms with Crippen molar-refractivity contribution in [3.05, 3.63) is 59.7 Å². The van der Waals surface area contributed by atoms with E-state index < -0.39 is 0 Å². The van der Waals surface area contributed by atoms with Gasteiger partial charge in [-0.1, -0.05) is 12.1 Å². The van der Waals surface area contributed by atoms with Gasteiger partial charge in [-0.2, -0.15) is 0 Å². The van der Waals surface area contributed by atoms with Gasteiger partial charge in [0, 0.05) is 12.7 Å². The zero-order valence-electron chi connectivity index (χ0n) is 11.1. The lowest BCUT2D eigenvalue weighted by Gasteiger charge is -2.28. The summed E-state index contributed by atoms with van der Waals surface area (Å²) >= 11 is 0. The SMILES string of the molecule is CCN(C(=O)c1ccc[nH]1)[C@@H](C)c1ccc(F)cc1. The Morgan fingerprint density at radius 1 is 1.32 bits per heavy atom. The van der Waals surface area contributed by atoms with Crippen LogP contribution in [0.3, 0.4) is 0 Å². The van der Waals surface area contributed by atoms with Crippen LogP contribution in [0.2, 0.25) is 0 Å². The van der Waals surface area contributed by atoms with Gasteiger partial charge < -0.3 is 9.88 Å². The molecule has 0 saturated carbocycles. The molecule has 1 atom stereocenters. The van der Waals surface area contributed by atoms with Gasteiger partial charge >= 0.3 is 0 Å². The second kappa shape index (κ2) is 5.69. The number of carbonyl (C=O) groups excluding carboxylic acids is 1. The first kappa shape index (κ1) is 13.3. The van der Waals surface area contributed by atoms with Crippen molar-refractivity contribution in [3.63, 3.8) is 0 Å². The van der Waals surface area contributed by atoms with E-state index >= 15 is 0 Å². The molecule has 4 heteroatoms. The molecule has 100 valence electrons. The van der Waals surface area contributed by atoms with Crippen LogP contribution in [0.1, 0.15) is 35.9 Å². The molecular formula is C15H17FN2O. The van der Waals surface area contributed by atoms with Crippen molar-refractivity contribution in [2.24, 2.45) is 0 Å². The number of benzene rings is 1. The first-order valence-corrected chi connectivity index (χ1v) is 6.33. The summed E-state index contributed by atoms with van der Waals surface area (Å²) in [5, 5.41) is 0. The van der Waals surface area contributed by atoms with Crippen LogP contribution in [0.4, 0.5) is 4.39 Å². The molecule has 0 aliphatic carbocycles. The van der Waals surface area contributed by atoms with E-state index in [-0.39, 0.29) is 17.8 Å². The van der Waals surface area contributed by atoms with Crippen molar-refractivity contribution in [1.29, 1.82) is 0 Å². The maximum Gasteiger partial charge on any atom is 0.270 e. The highest BCUT2D eigenvalue weighted by Gasteiger charge is 2.21. The van der Waals surface area contributed by atoms with Gasteiger partial charge in [0.1, 0.15) is 11.5 Å². The van der Waals surface area contributed by atoms with E-state index in [0.717, 1.165) is 5.56 Å². The van der Waals surface area contributed by atoms with Crippen molar-refractivity contribution < 1.29 is 9.18 Å². The first-order valence-electron chi connectivity index (χ1n) is 6.33. The smallest absolute Gasteiger partial charge is 0.270 e. The molecular weight excluding hydrogens is 243 g/mol. The van der Waals surface area contributed by atoms with Gasteiger partial charge in [0.25, 0.3) is 5.91 Å². The van der Waals surface area contributed by atoms with E-state index in [1.807, 2.05) is 13.8 Å². The highest BCUT2D eigenvalue weighted by molar-refractivity contribution is 5.92. The number of rotatable bonds is 4. The van der Waals surface area contributed by atoms with Crippen LogP contribution >= 0.6 is 0 Å². The number of hydrogen-bond donors (Lipinski definition) is 1. The van der Waals surface area contributed by atoms with Gasteiger partial charge in [0.2, 0.25) is 0 Å². The second-order valence-electron chi connectivity index (χ2n) is 4.40. The number of nitrogens with zero attached hydrogens (tertiary/aromatic N) is 1. The Morgan fingerprint density at radius 2 is 2.00 bits per heavy atom. The Hall–Kier alpha value is -2.10. The molecule has 0 saturated heterocycles. The number of hydrogen-bond acceptors (Lipinski definition) is 1. The molecule has 1 aromatic carbocycles. The van der Waals surface area contributed by atoms with Crippen LogP contribution in [0.5, 0.6) is 0 Å². The van der Waals surface area contributed by atoms with E-state index in [2.05, 4.69) is 4.98 Å². The predicted octanol–water partition coefficient (Wildman–Crippen LogP) is 3.38. The molecule has 1 aromatic heterocycles. The Bertz CT molecular complexity index is 534. The molecule has 0 aliphatic rings. The predicted molar refractivity (Wildman–Crippen MR) is 72.3 cm³/mol. The van der Waals surface area contributed by atoms with Crippen molar-refractivity contribution >= 4 is 5.91 Å². The maximum absolute atomic E-state index is 12.9. The summed E-state index contributed by atoms with van der Waals surface area (Å²) in [5.74, 6) is -0.320. The average Bonchev–Trinajstić information content (AvgIpc) is 2.94. The second-order valence-corrected chi connectivity index (χ2v) is 4.40. The molecule has 19 heavy (non-hydrogen) atoms. The Morgan fingerprint density at radius 3 is 2.53 bits per heavy atom. The summed E-state index contributed by atoms with van der Waals surface area (Å²) < 4.78 is 12.9. The molecule has 2 aromatic rings. The molecule has 0 radical (unpaired) electrons. The molecule has 2 rings (SSSR count). The van der Waals surface area contributed by atoms with Gasteiger partial charge in [-0.25, -0.2) is 4.39 Å². The normalized spacial score (nSPS) is 12.2. The third-order valence-electron chi connectivity index (χ3n) is 3.25.